The molecule has 0 unspecified atom stereocenters. The first kappa shape index (κ1) is 28.7. The number of rotatable bonds is 12. The van der Waals surface area contributed by atoms with E-state index in [0.29, 0.717) is 42.7 Å². The summed E-state index contributed by atoms with van der Waals surface area (Å²) < 4.78 is 28.4. The van der Waals surface area contributed by atoms with Gasteiger partial charge >= 0.3 is 0 Å². The summed E-state index contributed by atoms with van der Waals surface area (Å²) in [6, 6.07) is 14.2. The smallest absolute Gasteiger partial charge is 0.240 e. The molecule has 0 saturated heterocycles. The summed E-state index contributed by atoms with van der Waals surface area (Å²) in [4.78, 5) is 5.05. The Morgan fingerprint density at radius 3 is 2.47 bits per heavy atom. The number of allylic oxidation sites excluding steroid dienone is 2. The van der Waals surface area contributed by atoms with Crippen molar-refractivity contribution in [1.29, 1.82) is 0 Å². The molecule has 0 amide bonds. The van der Waals surface area contributed by atoms with Crippen LogP contribution in [0.2, 0.25) is 11.8 Å². The van der Waals surface area contributed by atoms with Gasteiger partial charge in [-0.05, 0) is 36.6 Å². The molecule has 8 nitrogen and oxygen atoms in total. The van der Waals surface area contributed by atoms with E-state index in [2.05, 4.69) is 39.5 Å². The SMILES string of the molecule is CB/C(CI)=C1\N=C(c2ccccc2Cl)C=C(NCCCCNS(=O)(=O)c2ccc(CN)cc2)N1N. The van der Waals surface area contributed by atoms with E-state index in [0.717, 1.165) is 40.4 Å². The van der Waals surface area contributed by atoms with Crippen LogP contribution in [-0.2, 0) is 16.6 Å². The summed E-state index contributed by atoms with van der Waals surface area (Å²) in [5.74, 6) is 7.86. The second-order valence-electron chi connectivity index (χ2n) is 8.17. The number of nitrogens with one attached hydrogen (secondary N) is 2. The lowest BCUT2D eigenvalue weighted by molar-refractivity contribution is 0.398. The fourth-order valence-electron chi connectivity index (χ4n) is 3.58. The number of halogens is 2. The first-order valence-electron chi connectivity index (χ1n) is 11.7. The summed E-state index contributed by atoms with van der Waals surface area (Å²) in [7, 11) is -2.73. The number of hydrazine groups is 1. The van der Waals surface area contributed by atoms with Gasteiger partial charge in [0.25, 0.3) is 0 Å². The summed E-state index contributed by atoms with van der Waals surface area (Å²) >= 11 is 8.76. The van der Waals surface area contributed by atoms with E-state index in [4.69, 9.17) is 28.2 Å². The Balaban J connectivity index is 1.62. The van der Waals surface area contributed by atoms with Crippen molar-refractivity contribution in [3.8, 4) is 0 Å². The second kappa shape index (κ2) is 13.6. The molecule has 6 N–H and O–H groups in total. The summed E-state index contributed by atoms with van der Waals surface area (Å²) in [6.45, 7) is 3.40. The van der Waals surface area contributed by atoms with Crippen LogP contribution in [0.15, 0.2) is 81.6 Å². The van der Waals surface area contributed by atoms with Crippen LogP contribution in [0.3, 0.4) is 0 Å². The number of unbranched alkanes of at least 4 members (excludes halogenated alkanes) is 1. The Bertz CT molecular complexity index is 1250. The molecule has 0 atom stereocenters. The number of benzene rings is 2. The van der Waals surface area contributed by atoms with Crippen molar-refractivity contribution < 1.29 is 8.42 Å². The maximum Gasteiger partial charge on any atom is 0.240 e. The van der Waals surface area contributed by atoms with Gasteiger partial charge in [-0.3, -0.25) is 0 Å². The number of nitrogens with zero attached hydrogens (tertiary/aromatic N) is 2. The monoisotopic (exact) mass is 640 g/mol. The minimum atomic E-state index is -3.55. The van der Waals surface area contributed by atoms with Gasteiger partial charge in [0, 0.05) is 40.7 Å². The molecule has 2 aromatic rings. The molecule has 192 valence electrons. The molecule has 0 aliphatic carbocycles. The van der Waals surface area contributed by atoms with Crippen molar-refractivity contribution in [3.05, 3.63) is 87.9 Å². The van der Waals surface area contributed by atoms with Crippen molar-refractivity contribution in [2.75, 3.05) is 17.5 Å². The van der Waals surface area contributed by atoms with Gasteiger partial charge in [0.1, 0.15) is 11.6 Å². The van der Waals surface area contributed by atoms with Crippen molar-refractivity contribution in [3.63, 3.8) is 0 Å². The van der Waals surface area contributed by atoms with E-state index in [1.165, 1.54) is 0 Å². The highest BCUT2D eigenvalue weighted by Gasteiger charge is 2.22. The zero-order valence-electron chi connectivity index (χ0n) is 20.2. The maximum atomic E-state index is 12.5. The zero-order valence-corrected chi connectivity index (χ0v) is 23.9. The number of nitrogens with two attached hydrogens (primary N) is 2. The summed E-state index contributed by atoms with van der Waals surface area (Å²) in [5, 5.41) is 5.57. The van der Waals surface area contributed by atoms with E-state index in [1.54, 1.807) is 29.3 Å². The molecule has 3 rings (SSSR count). The van der Waals surface area contributed by atoms with Crippen LogP contribution in [0.5, 0.6) is 0 Å². The molecule has 36 heavy (non-hydrogen) atoms. The average Bonchev–Trinajstić information content (AvgIpc) is 2.88. The molecule has 1 heterocycles. The van der Waals surface area contributed by atoms with Gasteiger partial charge in [-0.25, -0.2) is 29.0 Å². The minimum absolute atomic E-state index is 0.233. The van der Waals surface area contributed by atoms with Gasteiger partial charge in [0.15, 0.2) is 7.28 Å². The van der Waals surface area contributed by atoms with Crippen LogP contribution in [0, 0.1) is 0 Å². The molecular formula is C24H31BClIN6O2S. The molecule has 1 aliphatic rings. The third kappa shape index (κ3) is 7.33. The summed E-state index contributed by atoms with van der Waals surface area (Å²) in [5.41, 5.74) is 9.17. The molecule has 0 saturated carbocycles. The van der Waals surface area contributed by atoms with Crippen LogP contribution in [0.25, 0.3) is 0 Å². The standard InChI is InChI=1S/C24H31BClIN6O2S/c1-25-20(15-27)24-32-22(19-6-2-3-7-21(19)26)14-23(33(24)29)30-12-4-5-13-31-36(34,35)18-10-8-17(16-28)9-11-18/h2-3,6-11,14,25,30-31H,4-5,12-13,15-16,28-29H2,1H3/b24-20+. The second-order valence-corrected chi connectivity index (χ2v) is 11.1. The Labute approximate surface area is 232 Å². The zero-order chi connectivity index (χ0) is 26.1. The molecular weight excluding hydrogens is 610 g/mol. The Hall–Kier alpha value is -1.90. The van der Waals surface area contributed by atoms with Gasteiger partial charge < -0.3 is 11.1 Å². The van der Waals surface area contributed by atoms with E-state index in [9.17, 15) is 8.42 Å². The van der Waals surface area contributed by atoms with Crippen LogP contribution in [-0.4, -0.2) is 43.9 Å². The highest BCUT2D eigenvalue weighted by molar-refractivity contribution is 14.1. The van der Waals surface area contributed by atoms with E-state index in [-0.39, 0.29) is 4.90 Å². The van der Waals surface area contributed by atoms with E-state index >= 15 is 0 Å². The Kier molecular flexibility index (Phi) is 10.8. The first-order chi connectivity index (χ1) is 17.3. The predicted molar refractivity (Wildman–Crippen MR) is 158 cm³/mol. The predicted octanol–water partition coefficient (Wildman–Crippen LogP) is 3.06. The van der Waals surface area contributed by atoms with Crippen molar-refractivity contribution in [2.45, 2.75) is 31.1 Å². The number of sulfonamides is 1. The van der Waals surface area contributed by atoms with Crippen molar-refractivity contribution in [1.82, 2.24) is 15.0 Å². The van der Waals surface area contributed by atoms with Crippen LogP contribution in [0.1, 0.15) is 24.0 Å². The third-order valence-electron chi connectivity index (χ3n) is 5.71. The lowest BCUT2D eigenvalue weighted by Crippen LogP contribution is -2.40. The number of hydrogen-bond acceptors (Lipinski definition) is 7. The third-order valence-corrected chi connectivity index (χ3v) is 8.44. The number of aliphatic imine (C=N–C) groups is 1. The fraction of sp³-hybridized carbons (Fsp3) is 0.292. The van der Waals surface area contributed by atoms with E-state index < -0.39 is 10.0 Å². The molecule has 12 heteroatoms. The number of hydrogen-bond donors (Lipinski definition) is 4. The molecule has 0 radical (unpaired) electrons. The van der Waals surface area contributed by atoms with E-state index in [1.807, 2.05) is 30.3 Å². The average molecular weight is 641 g/mol. The Morgan fingerprint density at radius 2 is 1.83 bits per heavy atom. The van der Waals surface area contributed by atoms with Gasteiger partial charge in [-0.15, -0.1) is 0 Å². The van der Waals surface area contributed by atoms with Crippen LogP contribution < -0.4 is 21.6 Å². The molecule has 0 fully saturated rings. The molecule has 2 aromatic carbocycles. The number of alkyl halides is 1. The lowest BCUT2D eigenvalue weighted by atomic mass is 9.73. The quantitative estimate of drug-likeness (QED) is 0.0930. The highest BCUT2D eigenvalue weighted by Crippen LogP contribution is 2.25. The molecule has 0 bridgehead atoms. The molecule has 0 spiro atoms. The maximum absolute atomic E-state index is 12.5. The van der Waals surface area contributed by atoms with Gasteiger partial charge in [-0.2, -0.15) is 0 Å². The minimum Gasteiger partial charge on any atom is -0.370 e. The van der Waals surface area contributed by atoms with Gasteiger partial charge in [0.2, 0.25) is 10.0 Å². The summed E-state index contributed by atoms with van der Waals surface area (Å²) in [6.07, 6.45) is 3.29. The normalized spacial score (nSPS) is 15.3. The highest BCUT2D eigenvalue weighted by atomic mass is 127. The topological polar surface area (TPSA) is 126 Å². The first-order valence-corrected chi connectivity index (χ1v) is 15.1. The van der Waals surface area contributed by atoms with Gasteiger partial charge in [-0.1, -0.05) is 76.8 Å². The van der Waals surface area contributed by atoms with Gasteiger partial charge in [0.05, 0.1) is 10.6 Å². The van der Waals surface area contributed by atoms with Crippen LogP contribution in [0.4, 0.5) is 0 Å². The van der Waals surface area contributed by atoms with Crippen molar-refractivity contribution in [2.24, 2.45) is 16.6 Å². The van der Waals surface area contributed by atoms with Crippen LogP contribution >= 0.6 is 34.2 Å². The Morgan fingerprint density at radius 1 is 1.14 bits per heavy atom. The fourth-order valence-corrected chi connectivity index (χ4v) is 5.77. The largest absolute Gasteiger partial charge is 0.370 e. The molecule has 0 aromatic heterocycles. The molecule has 1 aliphatic heterocycles. The lowest BCUT2D eigenvalue weighted by Gasteiger charge is -2.29. The van der Waals surface area contributed by atoms with Crippen molar-refractivity contribution >= 4 is 57.2 Å².